The van der Waals surface area contributed by atoms with Crippen molar-refractivity contribution in [3.63, 3.8) is 0 Å². The van der Waals surface area contributed by atoms with Crippen molar-refractivity contribution in [1.29, 1.82) is 0 Å². The van der Waals surface area contributed by atoms with Crippen LogP contribution < -0.4 is 15.0 Å². The third-order valence-electron chi connectivity index (χ3n) is 6.43. The van der Waals surface area contributed by atoms with Crippen molar-refractivity contribution < 1.29 is 14.3 Å². The predicted molar refractivity (Wildman–Crippen MR) is 137 cm³/mol. The summed E-state index contributed by atoms with van der Waals surface area (Å²) in [5, 5.41) is 3.53. The molecule has 1 aliphatic rings. The first-order chi connectivity index (χ1) is 16.7. The summed E-state index contributed by atoms with van der Waals surface area (Å²) in [4.78, 5) is 17.5. The number of carbonyl (C=O) groups excluding carboxylic acids is 1. The SMILES string of the molecule is COC(=O)c1c(NCC(Cc2ccccc2)N2CCN(c3ccccc3)CC2)cccc1OC. The predicted octanol–water partition coefficient (Wildman–Crippen LogP) is 4.33. The third kappa shape index (κ3) is 5.69. The van der Waals surface area contributed by atoms with Crippen molar-refractivity contribution in [3.8, 4) is 5.75 Å². The molecule has 1 fully saturated rings. The van der Waals surface area contributed by atoms with Crippen LogP contribution in [0, 0.1) is 0 Å². The van der Waals surface area contributed by atoms with Crippen molar-refractivity contribution in [2.45, 2.75) is 12.5 Å². The summed E-state index contributed by atoms with van der Waals surface area (Å²) >= 11 is 0. The fourth-order valence-electron chi connectivity index (χ4n) is 4.59. The van der Waals surface area contributed by atoms with E-state index in [1.807, 2.05) is 18.2 Å². The Morgan fingerprint density at radius 2 is 1.56 bits per heavy atom. The maximum atomic E-state index is 12.5. The zero-order chi connectivity index (χ0) is 23.8. The molecule has 178 valence electrons. The van der Waals surface area contributed by atoms with Gasteiger partial charge in [0.05, 0.1) is 19.9 Å². The number of esters is 1. The van der Waals surface area contributed by atoms with Gasteiger partial charge in [-0.3, -0.25) is 4.90 Å². The number of nitrogens with one attached hydrogen (secondary N) is 1. The third-order valence-corrected chi connectivity index (χ3v) is 6.43. The number of hydrogen-bond acceptors (Lipinski definition) is 6. The molecule has 34 heavy (non-hydrogen) atoms. The largest absolute Gasteiger partial charge is 0.496 e. The summed E-state index contributed by atoms with van der Waals surface area (Å²) < 4.78 is 10.4. The number of benzene rings is 3. The molecular formula is C28H33N3O3. The number of para-hydroxylation sites is 1. The van der Waals surface area contributed by atoms with E-state index in [1.54, 1.807) is 13.2 Å². The van der Waals surface area contributed by atoms with E-state index < -0.39 is 5.97 Å². The molecule has 1 saturated heterocycles. The monoisotopic (exact) mass is 459 g/mol. The van der Waals surface area contributed by atoms with Gasteiger partial charge in [-0.15, -0.1) is 0 Å². The van der Waals surface area contributed by atoms with Gasteiger partial charge in [0.25, 0.3) is 0 Å². The van der Waals surface area contributed by atoms with Crippen molar-refractivity contribution in [3.05, 3.63) is 90.0 Å². The van der Waals surface area contributed by atoms with Crippen molar-refractivity contribution in [2.75, 3.05) is 57.2 Å². The molecule has 4 rings (SSSR count). The molecule has 6 nitrogen and oxygen atoms in total. The number of anilines is 2. The Morgan fingerprint density at radius 3 is 2.21 bits per heavy atom. The van der Waals surface area contributed by atoms with Crippen LogP contribution in [0.2, 0.25) is 0 Å². The van der Waals surface area contributed by atoms with Crippen LogP contribution >= 0.6 is 0 Å². The molecule has 1 atom stereocenters. The van der Waals surface area contributed by atoms with Crippen LogP contribution in [0.5, 0.6) is 5.75 Å². The van der Waals surface area contributed by atoms with Crippen molar-refractivity contribution in [2.24, 2.45) is 0 Å². The van der Waals surface area contributed by atoms with Crippen molar-refractivity contribution >= 4 is 17.3 Å². The lowest BCUT2D eigenvalue weighted by Gasteiger charge is -2.40. The van der Waals surface area contributed by atoms with Crippen LogP contribution in [0.15, 0.2) is 78.9 Å². The van der Waals surface area contributed by atoms with Crippen molar-refractivity contribution in [1.82, 2.24) is 4.90 Å². The molecule has 0 amide bonds. The number of ether oxygens (including phenoxy) is 2. The first kappa shape index (κ1) is 23.6. The average Bonchev–Trinajstić information content (AvgIpc) is 2.91. The van der Waals surface area contributed by atoms with Gasteiger partial charge in [-0.2, -0.15) is 0 Å². The molecule has 0 radical (unpaired) electrons. The Labute approximate surface area is 202 Å². The van der Waals surface area contributed by atoms with Gasteiger partial charge in [0, 0.05) is 44.5 Å². The molecule has 6 heteroatoms. The van der Waals surface area contributed by atoms with Gasteiger partial charge in [0.1, 0.15) is 11.3 Å². The highest BCUT2D eigenvalue weighted by Gasteiger charge is 2.25. The topological polar surface area (TPSA) is 54.0 Å². The lowest BCUT2D eigenvalue weighted by molar-refractivity contribution is 0.0598. The molecule has 0 saturated carbocycles. The van der Waals surface area contributed by atoms with Gasteiger partial charge in [-0.25, -0.2) is 4.79 Å². The van der Waals surface area contributed by atoms with E-state index >= 15 is 0 Å². The number of rotatable bonds is 9. The highest BCUT2D eigenvalue weighted by Crippen LogP contribution is 2.28. The number of hydrogen-bond donors (Lipinski definition) is 1. The molecule has 0 aliphatic carbocycles. The minimum absolute atomic E-state index is 0.275. The van der Waals surface area contributed by atoms with Gasteiger partial charge in [0.2, 0.25) is 0 Å². The number of carbonyl (C=O) groups is 1. The summed E-state index contributed by atoms with van der Waals surface area (Å²) in [6.07, 6.45) is 0.927. The molecule has 0 spiro atoms. The van der Waals surface area contributed by atoms with Crippen LogP contribution in [-0.4, -0.2) is 63.9 Å². The maximum absolute atomic E-state index is 12.5. The first-order valence-electron chi connectivity index (χ1n) is 11.8. The zero-order valence-electron chi connectivity index (χ0n) is 19.9. The lowest BCUT2D eigenvalue weighted by atomic mass is 10.0. The van der Waals surface area contributed by atoms with Crippen LogP contribution in [0.3, 0.4) is 0 Å². The highest BCUT2D eigenvalue weighted by molar-refractivity contribution is 5.98. The van der Waals surface area contributed by atoms with E-state index in [1.165, 1.54) is 18.4 Å². The summed E-state index contributed by atoms with van der Waals surface area (Å²) in [5.74, 6) is 0.101. The normalized spacial score (nSPS) is 14.9. The smallest absolute Gasteiger partial charge is 0.343 e. The summed E-state index contributed by atoms with van der Waals surface area (Å²) in [7, 11) is 2.96. The Kier molecular flexibility index (Phi) is 8.04. The molecule has 1 unspecified atom stereocenters. The van der Waals surface area contributed by atoms with E-state index in [2.05, 4.69) is 69.7 Å². The maximum Gasteiger partial charge on any atom is 0.343 e. The molecule has 3 aromatic carbocycles. The van der Waals surface area contributed by atoms with E-state index in [9.17, 15) is 4.79 Å². The summed E-state index contributed by atoms with van der Waals surface area (Å²) in [6, 6.07) is 27.0. The van der Waals surface area contributed by atoms with E-state index in [0.29, 0.717) is 17.9 Å². The second kappa shape index (κ2) is 11.6. The van der Waals surface area contributed by atoms with E-state index in [0.717, 1.165) is 38.3 Å². The van der Waals surface area contributed by atoms with Crippen LogP contribution in [-0.2, 0) is 11.2 Å². The minimum atomic E-state index is -0.406. The van der Waals surface area contributed by atoms with Gasteiger partial charge in [0.15, 0.2) is 0 Å². The Bertz CT molecular complexity index is 1050. The van der Waals surface area contributed by atoms with Crippen LogP contribution in [0.1, 0.15) is 15.9 Å². The van der Waals surface area contributed by atoms with E-state index in [-0.39, 0.29) is 6.04 Å². The number of nitrogens with zero attached hydrogens (tertiary/aromatic N) is 2. The first-order valence-corrected chi connectivity index (χ1v) is 11.8. The number of piperazine rings is 1. The van der Waals surface area contributed by atoms with Gasteiger partial charge >= 0.3 is 5.97 Å². The lowest BCUT2D eigenvalue weighted by Crippen LogP contribution is -2.53. The van der Waals surface area contributed by atoms with Gasteiger partial charge in [-0.1, -0.05) is 54.6 Å². The number of methoxy groups -OCH3 is 2. The Morgan fingerprint density at radius 1 is 0.882 bits per heavy atom. The quantitative estimate of drug-likeness (QED) is 0.481. The molecule has 3 aromatic rings. The standard InChI is InChI=1S/C28H33N3O3/c1-33-26-15-9-14-25(27(26)28(32)34-2)29-21-24(20-22-10-5-3-6-11-22)31-18-16-30(17-19-31)23-12-7-4-8-13-23/h3-15,24,29H,16-21H2,1-2H3. The van der Waals surface area contributed by atoms with E-state index in [4.69, 9.17) is 9.47 Å². The summed E-state index contributed by atoms with van der Waals surface area (Å²) in [6.45, 7) is 4.65. The molecule has 1 N–H and O–H groups in total. The Balaban J connectivity index is 1.50. The van der Waals surface area contributed by atoms with Crippen LogP contribution in [0.25, 0.3) is 0 Å². The molecule has 0 bridgehead atoms. The molecule has 1 heterocycles. The Hall–Kier alpha value is -3.51. The molecule has 1 aliphatic heterocycles. The second-order valence-electron chi connectivity index (χ2n) is 8.46. The zero-order valence-corrected chi connectivity index (χ0v) is 19.9. The fraction of sp³-hybridized carbons (Fsp3) is 0.321. The molecular weight excluding hydrogens is 426 g/mol. The average molecular weight is 460 g/mol. The van der Waals surface area contributed by atoms with Crippen LogP contribution in [0.4, 0.5) is 11.4 Å². The van der Waals surface area contributed by atoms with Gasteiger partial charge < -0.3 is 19.7 Å². The fourth-order valence-corrected chi connectivity index (χ4v) is 4.59. The summed E-state index contributed by atoms with van der Waals surface area (Å²) in [5.41, 5.74) is 3.74. The minimum Gasteiger partial charge on any atom is -0.496 e. The molecule has 0 aromatic heterocycles. The van der Waals surface area contributed by atoms with Gasteiger partial charge in [-0.05, 0) is 36.2 Å². The second-order valence-corrected chi connectivity index (χ2v) is 8.46. The highest BCUT2D eigenvalue weighted by atomic mass is 16.5.